The molecule has 3 aromatic rings. The Morgan fingerprint density at radius 1 is 1.13 bits per heavy atom. The van der Waals surface area contributed by atoms with Crippen LogP contribution in [0.2, 0.25) is 0 Å². The maximum Gasteiger partial charge on any atom is 0.227 e. The molecule has 0 aliphatic carbocycles. The molecule has 2 aromatic carbocycles. The van der Waals surface area contributed by atoms with Gasteiger partial charge in [0.15, 0.2) is 5.76 Å². The van der Waals surface area contributed by atoms with Crippen LogP contribution in [0.4, 0.5) is 0 Å². The van der Waals surface area contributed by atoms with Crippen molar-refractivity contribution in [2.75, 3.05) is 18.1 Å². The van der Waals surface area contributed by atoms with E-state index in [2.05, 4.69) is 35.6 Å². The summed E-state index contributed by atoms with van der Waals surface area (Å²) in [6, 6.07) is 15.9. The van der Waals surface area contributed by atoms with E-state index in [0.717, 1.165) is 17.9 Å². The number of carbonyl (C=O) groups is 1. The molecular formula is C25H27NO4S. The minimum Gasteiger partial charge on any atom is -0.502 e. The molecule has 1 aliphatic rings. The van der Waals surface area contributed by atoms with Crippen LogP contribution in [0.1, 0.15) is 36.3 Å². The Kier molecular flexibility index (Phi) is 6.37. The summed E-state index contributed by atoms with van der Waals surface area (Å²) in [4.78, 5) is 25.0. The summed E-state index contributed by atoms with van der Waals surface area (Å²) in [5, 5.41) is 15.8. The van der Waals surface area contributed by atoms with Gasteiger partial charge in [-0.05, 0) is 54.0 Å². The van der Waals surface area contributed by atoms with Gasteiger partial charge >= 0.3 is 0 Å². The number of aryl methyl sites for hydroxylation is 1. The van der Waals surface area contributed by atoms with Crippen molar-refractivity contribution >= 4 is 28.4 Å². The van der Waals surface area contributed by atoms with Crippen LogP contribution in [0.15, 0.2) is 57.7 Å². The normalized spacial score (nSPS) is 15.6. The molecule has 2 N–H and O–H groups in total. The Hall–Kier alpha value is -2.73. The number of aromatic hydroxyl groups is 1. The molecule has 0 saturated carbocycles. The van der Waals surface area contributed by atoms with Crippen LogP contribution >= 0.6 is 11.8 Å². The fourth-order valence-electron chi connectivity index (χ4n) is 4.32. The van der Waals surface area contributed by atoms with E-state index in [1.807, 2.05) is 23.9 Å². The van der Waals surface area contributed by atoms with E-state index in [4.69, 9.17) is 4.42 Å². The third kappa shape index (κ3) is 4.79. The van der Waals surface area contributed by atoms with Crippen LogP contribution in [0.5, 0.6) is 5.75 Å². The standard InChI is InChI=1S/C25H27NO4S/c1-17-14-21(27)23(29)24(30-17)25(9-12-31-13-10-25)16-22(28)26-11-8-18-6-7-19-4-2-3-5-20(19)15-18/h2-7,14-15,29H,8-13,16H2,1H3,(H,26,28). The molecule has 6 heteroatoms. The van der Waals surface area contributed by atoms with Crippen molar-refractivity contribution in [1.29, 1.82) is 0 Å². The van der Waals surface area contributed by atoms with E-state index in [9.17, 15) is 14.7 Å². The fourth-order valence-corrected chi connectivity index (χ4v) is 5.59. The molecule has 31 heavy (non-hydrogen) atoms. The van der Waals surface area contributed by atoms with Gasteiger partial charge in [0.25, 0.3) is 0 Å². The highest BCUT2D eigenvalue weighted by Gasteiger charge is 2.41. The molecule has 5 nitrogen and oxygen atoms in total. The lowest BCUT2D eigenvalue weighted by molar-refractivity contribution is -0.122. The number of hydrogen-bond acceptors (Lipinski definition) is 5. The first-order chi connectivity index (χ1) is 15.0. The maximum absolute atomic E-state index is 12.9. The summed E-state index contributed by atoms with van der Waals surface area (Å²) in [5.41, 5.74) is 0.0752. The van der Waals surface area contributed by atoms with E-state index in [1.165, 1.54) is 22.4 Å². The molecule has 0 bridgehead atoms. The van der Waals surface area contributed by atoms with Gasteiger partial charge in [-0.1, -0.05) is 42.5 Å². The first-order valence-electron chi connectivity index (χ1n) is 10.6. The van der Waals surface area contributed by atoms with Gasteiger partial charge in [0.1, 0.15) is 5.76 Å². The summed E-state index contributed by atoms with van der Waals surface area (Å²) in [5.74, 6) is 2.00. The lowest BCUT2D eigenvalue weighted by Crippen LogP contribution is -2.39. The topological polar surface area (TPSA) is 79.5 Å². The number of hydrogen-bond donors (Lipinski definition) is 2. The summed E-state index contributed by atoms with van der Waals surface area (Å²) < 4.78 is 5.81. The molecule has 0 spiro atoms. The highest BCUT2D eigenvalue weighted by molar-refractivity contribution is 7.99. The number of rotatable bonds is 6. The van der Waals surface area contributed by atoms with Crippen molar-refractivity contribution in [2.45, 2.75) is 38.0 Å². The lowest BCUT2D eigenvalue weighted by atomic mass is 9.75. The summed E-state index contributed by atoms with van der Waals surface area (Å²) >= 11 is 1.82. The molecule has 1 saturated heterocycles. The minimum atomic E-state index is -0.645. The number of amides is 1. The van der Waals surface area contributed by atoms with E-state index < -0.39 is 10.8 Å². The zero-order valence-electron chi connectivity index (χ0n) is 17.6. The first kappa shape index (κ1) is 21.5. The van der Waals surface area contributed by atoms with Gasteiger partial charge in [-0.15, -0.1) is 0 Å². The van der Waals surface area contributed by atoms with E-state index in [0.29, 0.717) is 25.1 Å². The van der Waals surface area contributed by atoms with Gasteiger partial charge in [-0.3, -0.25) is 9.59 Å². The lowest BCUT2D eigenvalue weighted by Gasteiger charge is -2.35. The van der Waals surface area contributed by atoms with E-state index in [-0.39, 0.29) is 23.8 Å². The van der Waals surface area contributed by atoms with Gasteiger partial charge in [-0.25, -0.2) is 0 Å². The zero-order valence-corrected chi connectivity index (χ0v) is 18.5. The Morgan fingerprint density at radius 2 is 1.87 bits per heavy atom. The summed E-state index contributed by atoms with van der Waals surface area (Å²) in [6.07, 6.45) is 2.32. The van der Waals surface area contributed by atoms with Crippen LogP contribution < -0.4 is 10.7 Å². The average molecular weight is 438 g/mol. The van der Waals surface area contributed by atoms with Crippen molar-refractivity contribution in [1.82, 2.24) is 5.32 Å². The SMILES string of the molecule is Cc1cc(=O)c(O)c(C2(CC(=O)NCCc3ccc4ccccc4c3)CCSCC2)o1. The monoisotopic (exact) mass is 437 g/mol. The number of fused-ring (bicyclic) bond motifs is 1. The molecule has 4 rings (SSSR count). The number of thioether (sulfide) groups is 1. The van der Waals surface area contributed by atoms with Crippen LogP contribution in [0, 0.1) is 6.92 Å². The Morgan fingerprint density at radius 3 is 2.65 bits per heavy atom. The predicted molar refractivity (Wildman–Crippen MR) is 125 cm³/mol. The molecule has 1 amide bonds. The highest BCUT2D eigenvalue weighted by atomic mass is 32.2. The summed E-state index contributed by atoms with van der Waals surface area (Å²) in [7, 11) is 0. The van der Waals surface area contributed by atoms with Crippen LogP contribution in [0.25, 0.3) is 10.8 Å². The van der Waals surface area contributed by atoms with Crippen molar-refractivity contribution in [3.8, 4) is 5.75 Å². The van der Waals surface area contributed by atoms with Gasteiger partial charge in [-0.2, -0.15) is 11.8 Å². The second-order valence-electron chi connectivity index (χ2n) is 8.25. The van der Waals surface area contributed by atoms with Gasteiger partial charge in [0.2, 0.25) is 17.1 Å². The van der Waals surface area contributed by atoms with Gasteiger partial charge in [0.05, 0.1) is 0 Å². The second kappa shape index (κ2) is 9.18. The molecule has 1 aliphatic heterocycles. The molecule has 0 unspecified atom stereocenters. The third-order valence-electron chi connectivity index (χ3n) is 6.03. The number of benzene rings is 2. The van der Waals surface area contributed by atoms with Gasteiger partial charge in [0, 0.05) is 24.4 Å². The van der Waals surface area contributed by atoms with Gasteiger partial charge < -0.3 is 14.8 Å². The van der Waals surface area contributed by atoms with Crippen molar-refractivity contribution in [2.24, 2.45) is 0 Å². The first-order valence-corrected chi connectivity index (χ1v) is 11.8. The Labute approximate surface area is 185 Å². The molecule has 1 aromatic heterocycles. The number of carbonyl (C=O) groups excluding carboxylic acids is 1. The minimum absolute atomic E-state index is 0.0868. The third-order valence-corrected chi connectivity index (χ3v) is 7.01. The quantitative estimate of drug-likeness (QED) is 0.600. The molecule has 0 atom stereocenters. The smallest absolute Gasteiger partial charge is 0.227 e. The summed E-state index contributed by atoms with van der Waals surface area (Å²) in [6.45, 7) is 2.23. The Bertz CT molecular complexity index is 1150. The molecule has 1 fully saturated rings. The second-order valence-corrected chi connectivity index (χ2v) is 9.47. The molecule has 2 heterocycles. The average Bonchev–Trinajstić information content (AvgIpc) is 2.76. The van der Waals surface area contributed by atoms with E-state index in [1.54, 1.807) is 6.92 Å². The Balaban J connectivity index is 1.45. The molecular weight excluding hydrogens is 410 g/mol. The molecule has 162 valence electrons. The zero-order chi connectivity index (χ0) is 21.8. The van der Waals surface area contributed by atoms with Crippen molar-refractivity contribution in [3.63, 3.8) is 0 Å². The van der Waals surface area contributed by atoms with Crippen LogP contribution in [-0.4, -0.2) is 29.1 Å². The van der Waals surface area contributed by atoms with Crippen molar-refractivity contribution < 1.29 is 14.3 Å². The molecule has 0 radical (unpaired) electrons. The maximum atomic E-state index is 12.9. The van der Waals surface area contributed by atoms with Crippen LogP contribution in [0.3, 0.4) is 0 Å². The number of nitrogens with one attached hydrogen (secondary N) is 1. The highest BCUT2D eigenvalue weighted by Crippen LogP contribution is 2.43. The van der Waals surface area contributed by atoms with Crippen molar-refractivity contribution in [3.05, 3.63) is 75.8 Å². The van der Waals surface area contributed by atoms with Crippen LogP contribution in [-0.2, 0) is 16.6 Å². The fraction of sp³-hybridized carbons (Fsp3) is 0.360. The largest absolute Gasteiger partial charge is 0.502 e. The predicted octanol–water partition coefficient (Wildman–Crippen LogP) is 4.32. The van der Waals surface area contributed by atoms with E-state index >= 15 is 0 Å².